The summed E-state index contributed by atoms with van der Waals surface area (Å²) in [5.74, 6) is 0. The second-order valence-corrected chi connectivity index (χ2v) is 2.76. The van der Waals surface area contributed by atoms with Crippen LogP contribution in [0.2, 0.25) is 0 Å². The van der Waals surface area contributed by atoms with Crippen molar-refractivity contribution in [3.8, 4) is 0 Å². The molecular weight excluding hydrogens is 140 g/mol. The van der Waals surface area contributed by atoms with E-state index in [1.54, 1.807) is 0 Å². The molecular formula is C9H18O2. The Kier molecular flexibility index (Phi) is 7.52. The van der Waals surface area contributed by atoms with E-state index in [4.69, 9.17) is 10.2 Å². The molecule has 0 aliphatic carbocycles. The Bertz CT molecular complexity index is 91.6. The summed E-state index contributed by atoms with van der Waals surface area (Å²) in [6.45, 7) is 3.51. The highest BCUT2D eigenvalue weighted by atomic mass is 16.3. The molecule has 0 unspecified atom stereocenters. The fraction of sp³-hybridized carbons (Fsp3) is 0.778. The van der Waals surface area contributed by atoms with E-state index in [1.165, 1.54) is 0 Å². The summed E-state index contributed by atoms with van der Waals surface area (Å²) in [7, 11) is 0. The first-order chi connectivity index (χ1) is 5.31. The minimum atomic E-state index is -0.515. The SMILES string of the molecule is C=CCCCCC[C@@H](O)CO. The zero-order valence-corrected chi connectivity index (χ0v) is 7.00. The number of aliphatic hydroxyl groups excluding tert-OH is 2. The number of hydrogen-bond acceptors (Lipinski definition) is 2. The third kappa shape index (κ3) is 7.56. The maximum Gasteiger partial charge on any atom is 0.0770 e. The lowest BCUT2D eigenvalue weighted by Gasteiger charge is -2.04. The molecule has 2 nitrogen and oxygen atoms in total. The fourth-order valence-corrected chi connectivity index (χ4v) is 0.937. The molecule has 0 heterocycles. The lowest BCUT2D eigenvalue weighted by atomic mass is 10.1. The minimum Gasteiger partial charge on any atom is -0.394 e. The molecule has 0 spiro atoms. The Morgan fingerprint density at radius 1 is 1.27 bits per heavy atom. The first-order valence-electron chi connectivity index (χ1n) is 4.21. The van der Waals surface area contributed by atoms with Gasteiger partial charge in [0.1, 0.15) is 0 Å². The summed E-state index contributed by atoms with van der Waals surface area (Å²) in [6.07, 6.45) is 6.41. The van der Waals surface area contributed by atoms with Crippen molar-refractivity contribution in [2.24, 2.45) is 0 Å². The molecule has 0 saturated carbocycles. The van der Waals surface area contributed by atoms with Crippen LogP contribution in [0, 0.1) is 0 Å². The molecule has 2 heteroatoms. The van der Waals surface area contributed by atoms with Crippen LogP contribution in [0.1, 0.15) is 32.1 Å². The average molecular weight is 158 g/mol. The molecule has 0 amide bonds. The van der Waals surface area contributed by atoms with Gasteiger partial charge in [0.05, 0.1) is 12.7 Å². The second kappa shape index (κ2) is 7.76. The number of hydrogen-bond donors (Lipinski definition) is 2. The van der Waals surface area contributed by atoms with E-state index >= 15 is 0 Å². The van der Waals surface area contributed by atoms with E-state index in [1.807, 2.05) is 6.08 Å². The first-order valence-corrected chi connectivity index (χ1v) is 4.21. The predicted molar refractivity (Wildman–Crippen MR) is 46.4 cm³/mol. The van der Waals surface area contributed by atoms with E-state index in [2.05, 4.69) is 6.58 Å². The lowest BCUT2D eigenvalue weighted by molar-refractivity contribution is 0.0860. The fourth-order valence-electron chi connectivity index (χ4n) is 0.937. The maximum absolute atomic E-state index is 8.94. The number of unbranched alkanes of at least 4 members (excludes halogenated alkanes) is 3. The van der Waals surface area contributed by atoms with Crippen LogP contribution < -0.4 is 0 Å². The summed E-state index contributed by atoms with van der Waals surface area (Å²) in [5, 5.41) is 17.4. The number of rotatable bonds is 7. The van der Waals surface area contributed by atoms with Gasteiger partial charge in [0.15, 0.2) is 0 Å². The smallest absolute Gasteiger partial charge is 0.0770 e. The molecule has 0 aliphatic rings. The van der Waals surface area contributed by atoms with Crippen LogP contribution >= 0.6 is 0 Å². The Balaban J connectivity index is 2.95. The van der Waals surface area contributed by atoms with Gasteiger partial charge in [0, 0.05) is 0 Å². The summed E-state index contributed by atoms with van der Waals surface area (Å²) in [6, 6.07) is 0. The van der Waals surface area contributed by atoms with Gasteiger partial charge < -0.3 is 10.2 Å². The lowest BCUT2D eigenvalue weighted by Crippen LogP contribution is -2.10. The molecule has 2 N–H and O–H groups in total. The highest BCUT2D eigenvalue weighted by Crippen LogP contribution is 2.05. The monoisotopic (exact) mass is 158 g/mol. The summed E-state index contributed by atoms with van der Waals surface area (Å²) < 4.78 is 0. The third-order valence-corrected chi connectivity index (χ3v) is 1.66. The molecule has 0 aliphatic heterocycles. The van der Waals surface area contributed by atoms with Gasteiger partial charge in [0.25, 0.3) is 0 Å². The highest BCUT2D eigenvalue weighted by Gasteiger charge is 1.99. The van der Waals surface area contributed by atoms with E-state index in [9.17, 15) is 0 Å². The summed E-state index contributed by atoms with van der Waals surface area (Å²) in [5.41, 5.74) is 0. The second-order valence-electron chi connectivity index (χ2n) is 2.76. The van der Waals surface area contributed by atoms with Crippen molar-refractivity contribution in [3.05, 3.63) is 12.7 Å². The van der Waals surface area contributed by atoms with Crippen molar-refractivity contribution in [2.45, 2.75) is 38.2 Å². The molecule has 1 atom stereocenters. The molecule has 11 heavy (non-hydrogen) atoms. The summed E-state index contributed by atoms with van der Waals surface area (Å²) in [4.78, 5) is 0. The van der Waals surface area contributed by atoms with Gasteiger partial charge >= 0.3 is 0 Å². The maximum atomic E-state index is 8.94. The molecule has 0 rings (SSSR count). The quantitative estimate of drug-likeness (QED) is 0.435. The Labute approximate surface area is 68.6 Å². The largest absolute Gasteiger partial charge is 0.394 e. The average Bonchev–Trinajstić information content (AvgIpc) is 2.04. The van der Waals surface area contributed by atoms with Crippen LogP contribution in [-0.2, 0) is 0 Å². The molecule has 0 bridgehead atoms. The molecule has 0 aromatic heterocycles. The van der Waals surface area contributed by atoms with Crippen LogP contribution in [0.25, 0.3) is 0 Å². The van der Waals surface area contributed by atoms with Crippen LogP contribution in [0.3, 0.4) is 0 Å². The van der Waals surface area contributed by atoms with Gasteiger partial charge in [-0.05, 0) is 19.3 Å². The standard InChI is InChI=1S/C9H18O2/c1-2-3-4-5-6-7-9(11)8-10/h2,9-11H,1,3-8H2/t9-/m1/s1. The Morgan fingerprint density at radius 2 is 2.00 bits per heavy atom. The van der Waals surface area contributed by atoms with Crippen LogP contribution in [0.15, 0.2) is 12.7 Å². The van der Waals surface area contributed by atoms with Gasteiger partial charge in [-0.15, -0.1) is 6.58 Å². The normalized spacial score (nSPS) is 12.9. The minimum absolute atomic E-state index is 0.110. The van der Waals surface area contributed by atoms with Crippen molar-refractivity contribution in [1.82, 2.24) is 0 Å². The molecule has 0 radical (unpaired) electrons. The zero-order valence-electron chi connectivity index (χ0n) is 7.00. The van der Waals surface area contributed by atoms with Crippen molar-refractivity contribution in [1.29, 1.82) is 0 Å². The molecule has 0 aromatic rings. The molecule has 0 saturated heterocycles. The number of aliphatic hydroxyl groups is 2. The zero-order chi connectivity index (χ0) is 8.53. The van der Waals surface area contributed by atoms with E-state index in [0.717, 1.165) is 25.7 Å². The van der Waals surface area contributed by atoms with Gasteiger partial charge in [-0.3, -0.25) is 0 Å². The van der Waals surface area contributed by atoms with Crippen LogP contribution in [-0.4, -0.2) is 22.9 Å². The van der Waals surface area contributed by atoms with Crippen LogP contribution in [0.4, 0.5) is 0 Å². The van der Waals surface area contributed by atoms with Gasteiger partial charge in [0.2, 0.25) is 0 Å². The van der Waals surface area contributed by atoms with Gasteiger partial charge in [-0.1, -0.05) is 18.9 Å². The van der Waals surface area contributed by atoms with E-state index < -0.39 is 6.10 Å². The highest BCUT2D eigenvalue weighted by molar-refractivity contribution is 4.65. The Hall–Kier alpha value is -0.340. The Morgan fingerprint density at radius 3 is 2.55 bits per heavy atom. The number of allylic oxidation sites excluding steroid dienone is 1. The van der Waals surface area contributed by atoms with Crippen LogP contribution in [0.5, 0.6) is 0 Å². The van der Waals surface area contributed by atoms with Gasteiger partial charge in [-0.2, -0.15) is 0 Å². The summed E-state index contributed by atoms with van der Waals surface area (Å²) >= 11 is 0. The van der Waals surface area contributed by atoms with Crippen molar-refractivity contribution in [3.63, 3.8) is 0 Å². The third-order valence-electron chi connectivity index (χ3n) is 1.66. The molecule has 0 fully saturated rings. The molecule has 0 aromatic carbocycles. The van der Waals surface area contributed by atoms with E-state index in [0.29, 0.717) is 6.42 Å². The van der Waals surface area contributed by atoms with Crippen molar-refractivity contribution in [2.75, 3.05) is 6.61 Å². The topological polar surface area (TPSA) is 40.5 Å². The predicted octanol–water partition coefficient (Wildman–Crippen LogP) is 1.48. The van der Waals surface area contributed by atoms with Gasteiger partial charge in [-0.25, -0.2) is 0 Å². The van der Waals surface area contributed by atoms with Crippen molar-refractivity contribution >= 4 is 0 Å². The first kappa shape index (κ1) is 10.7. The molecule has 66 valence electrons. The van der Waals surface area contributed by atoms with E-state index in [-0.39, 0.29) is 6.61 Å². The van der Waals surface area contributed by atoms with Crippen molar-refractivity contribution < 1.29 is 10.2 Å².